The molecular weight excluding hydrogens is 346 g/mol. The molecule has 0 amide bonds. The van der Waals surface area contributed by atoms with Crippen molar-refractivity contribution in [1.82, 2.24) is 9.55 Å². The molecule has 2 aromatic rings. The largest absolute Gasteiger partial charge is 0.410 e. The second-order valence-electron chi connectivity index (χ2n) is 7.09. The summed E-state index contributed by atoms with van der Waals surface area (Å²) in [4.78, 5) is 43.7. The molecule has 2 aliphatic rings. The van der Waals surface area contributed by atoms with Gasteiger partial charge in [0.15, 0.2) is 10.9 Å². The van der Waals surface area contributed by atoms with Crippen molar-refractivity contribution >= 4 is 21.8 Å². The van der Waals surface area contributed by atoms with E-state index in [-0.39, 0.29) is 43.5 Å². The van der Waals surface area contributed by atoms with Gasteiger partial charge in [-0.2, -0.15) is 0 Å². The van der Waals surface area contributed by atoms with Crippen LogP contribution in [0.4, 0.5) is 0 Å². The quantitative estimate of drug-likeness (QED) is 0.425. The van der Waals surface area contributed by atoms with Gasteiger partial charge in [-0.3, -0.25) is 14.4 Å². The number of benzene rings is 1. The van der Waals surface area contributed by atoms with Gasteiger partial charge in [0, 0.05) is 17.3 Å². The fraction of sp³-hybridized carbons (Fsp3) is 0.250. The van der Waals surface area contributed by atoms with E-state index in [4.69, 9.17) is 0 Å². The lowest BCUT2D eigenvalue weighted by atomic mass is 10.0. The predicted octanol–water partition coefficient (Wildman–Crippen LogP) is 1.12. The number of rotatable bonds is 2. The second-order valence-corrected chi connectivity index (χ2v) is 7.09. The molecule has 7 nitrogen and oxygen atoms in total. The van der Waals surface area contributed by atoms with E-state index in [1.165, 1.54) is 12.1 Å². The van der Waals surface area contributed by atoms with E-state index in [0.717, 1.165) is 0 Å². The Morgan fingerprint density at radius 3 is 2.19 bits per heavy atom. The van der Waals surface area contributed by atoms with Gasteiger partial charge in [0.2, 0.25) is 5.43 Å². The standard InChI is InChI=1S/C20H17N3O4/c1-9(2)8-23-10(3)21-16-15(22-27)13-14(20(26)17(16)23)19(25)12-7-5-4-6-11(12)18(13)24/h4-7,9,27H,8H2,1-3H3/b22-15+. The third kappa shape index (κ3) is 2.24. The summed E-state index contributed by atoms with van der Waals surface area (Å²) >= 11 is 0. The van der Waals surface area contributed by atoms with Crippen molar-refractivity contribution in [2.45, 2.75) is 27.3 Å². The first-order chi connectivity index (χ1) is 12.9. The Balaban J connectivity index is 2.47. The van der Waals surface area contributed by atoms with Gasteiger partial charge in [-0.15, -0.1) is 0 Å². The van der Waals surface area contributed by atoms with Gasteiger partial charge in [-0.1, -0.05) is 43.3 Å². The number of aromatic nitrogens is 2. The summed E-state index contributed by atoms with van der Waals surface area (Å²) in [6, 6.07) is 6.33. The van der Waals surface area contributed by atoms with Crippen molar-refractivity contribution in [3.05, 3.63) is 76.6 Å². The lowest BCUT2D eigenvalue weighted by Gasteiger charge is -2.09. The minimum Gasteiger partial charge on any atom is -0.410 e. The molecule has 0 spiro atoms. The van der Waals surface area contributed by atoms with Crippen LogP contribution < -0.4 is 21.6 Å². The summed E-state index contributed by atoms with van der Waals surface area (Å²) < 4.78 is 1.72. The zero-order valence-electron chi connectivity index (χ0n) is 15.1. The highest BCUT2D eigenvalue weighted by Crippen LogP contribution is 2.13. The smallest absolute Gasteiger partial charge is 0.216 e. The first-order valence-electron chi connectivity index (χ1n) is 8.64. The maximum atomic E-state index is 13.3. The fourth-order valence-electron chi connectivity index (χ4n) is 3.70. The second kappa shape index (κ2) is 5.84. The minimum absolute atomic E-state index is 0.127. The molecule has 1 heterocycles. The lowest BCUT2D eigenvalue weighted by Crippen LogP contribution is -2.30. The zero-order chi connectivity index (χ0) is 19.5. The van der Waals surface area contributed by atoms with Gasteiger partial charge >= 0.3 is 0 Å². The third-order valence-corrected chi connectivity index (χ3v) is 4.83. The molecule has 27 heavy (non-hydrogen) atoms. The molecule has 1 aromatic carbocycles. The van der Waals surface area contributed by atoms with Crippen molar-refractivity contribution in [2.75, 3.05) is 0 Å². The van der Waals surface area contributed by atoms with Crippen LogP contribution in [0.15, 0.2) is 43.8 Å². The van der Waals surface area contributed by atoms with Gasteiger partial charge in [0.05, 0.1) is 10.4 Å². The summed E-state index contributed by atoms with van der Waals surface area (Å²) in [5.41, 5.74) is -1.27. The number of imidazole rings is 1. The molecule has 1 N–H and O–H groups in total. The molecule has 136 valence electrons. The molecule has 7 heteroatoms. The summed E-state index contributed by atoms with van der Waals surface area (Å²) in [5.74, 6) is 0.782. The molecule has 0 radical (unpaired) electrons. The average Bonchev–Trinajstić information content (AvgIpc) is 2.95. The van der Waals surface area contributed by atoms with Crippen LogP contribution >= 0.6 is 0 Å². The predicted molar refractivity (Wildman–Crippen MR) is 101 cm³/mol. The van der Waals surface area contributed by atoms with Crippen molar-refractivity contribution in [3.63, 3.8) is 0 Å². The molecule has 0 saturated carbocycles. The number of nitrogens with zero attached hydrogens (tertiary/aromatic N) is 3. The number of hydrogen-bond acceptors (Lipinski definition) is 6. The van der Waals surface area contributed by atoms with E-state index in [0.29, 0.717) is 12.4 Å². The van der Waals surface area contributed by atoms with Crippen LogP contribution in [0.5, 0.6) is 0 Å². The Kier molecular flexibility index (Phi) is 3.69. The highest BCUT2D eigenvalue weighted by atomic mass is 16.4. The number of fused-ring (bicyclic) bond motifs is 2. The van der Waals surface area contributed by atoms with Gasteiger partial charge in [-0.25, -0.2) is 4.98 Å². The Hall–Kier alpha value is -3.35. The molecule has 0 unspecified atom stereocenters. The van der Waals surface area contributed by atoms with Crippen molar-refractivity contribution < 1.29 is 5.21 Å². The molecule has 1 aromatic heterocycles. The summed E-state index contributed by atoms with van der Waals surface area (Å²) in [7, 11) is 0. The van der Waals surface area contributed by atoms with Crippen molar-refractivity contribution in [1.29, 1.82) is 0 Å². The van der Waals surface area contributed by atoms with E-state index in [2.05, 4.69) is 10.1 Å². The summed E-state index contributed by atoms with van der Waals surface area (Å²) in [6.45, 7) is 6.24. The molecule has 0 aliphatic heterocycles. The molecule has 0 atom stereocenters. The molecule has 0 saturated heterocycles. The average molecular weight is 363 g/mol. The molecular formula is C20H17N3O4. The van der Waals surface area contributed by atoms with Crippen LogP contribution in [0.3, 0.4) is 0 Å². The zero-order valence-corrected chi connectivity index (χ0v) is 15.1. The Bertz CT molecular complexity index is 1510. The van der Waals surface area contributed by atoms with Crippen LogP contribution in [-0.4, -0.2) is 14.8 Å². The van der Waals surface area contributed by atoms with Gasteiger partial charge in [-0.05, 0) is 12.8 Å². The van der Waals surface area contributed by atoms with Crippen LogP contribution in [0.25, 0.3) is 21.8 Å². The van der Waals surface area contributed by atoms with E-state index in [1.807, 2.05) is 13.8 Å². The van der Waals surface area contributed by atoms with Gasteiger partial charge in [0.25, 0.3) is 0 Å². The van der Waals surface area contributed by atoms with E-state index in [1.54, 1.807) is 23.6 Å². The number of hydrogen-bond donors (Lipinski definition) is 1. The summed E-state index contributed by atoms with van der Waals surface area (Å²) in [5, 5.41) is 12.7. The Morgan fingerprint density at radius 1 is 1.04 bits per heavy atom. The molecule has 0 fully saturated rings. The Labute approximate surface area is 152 Å². The van der Waals surface area contributed by atoms with Gasteiger partial charge < -0.3 is 9.77 Å². The van der Waals surface area contributed by atoms with Crippen molar-refractivity contribution in [2.24, 2.45) is 11.1 Å². The van der Waals surface area contributed by atoms with Crippen LogP contribution in [0, 0.1) is 23.3 Å². The van der Waals surface area contributed by atoms with Crippen LogP contribution in [-0.2, 0) is 6.54 Å². The highest BCUT2D eigenvalue weighted by Gasteiger charge is 2.20. The maximum absolute atomic E-state index is 13.3. The van der Waals surface area contributed by atoms with Crippen LogP contribution in [0.1, 0.15) is 19.7 Å². The van der Waals surface area contributed by atoms with E-state index in [9.17, 15) is 19.6 Å². The molecule has 4 rings (SSSR count). The monoisotopic (exact) mass is 363 g/mol. The van der Waals surface area contributed by atoms with Crippen LogP contribution in [0.2, 0.25) is 0 Å². The van der Waals surface area contributed by atoms with E-state index < -0.39 is 16.3 Å². The third-order valence-electron chi connectivity index (χ3n) is 4.83. The molecule has 0 bridgehead atoms. The topological polar surface area (TPSA) is 102 Å². The minimum atomic E-state index is -0.554. The first-order valence-corrected chi connectivity index (χ1v) is 8.64. The molecule has 2 aliphatic carbocycles. The first kappa shape index (κ1) is 17.1. The van der Waals surface area contributed by atoms with Gasteiger partial charge in [0.1, 0.15) is 22.2 Å². The summed E-state index contributed by atoms with van der Waals surface area (Å²) in [6.07, 6.45) is 0. The fourth-order valence-corrected chi connectivity index (χ4v) is 3.70. The SMILES string of the molecule is Cc1nc2/c(=N/O)c3c(=O)c4ccccc4c(=O)c=3c(=O)c2n1CC(C)C. The van der Waals surface area contributed by atoms with E-state index >= 15 is 0 Å². The van der Waals surface area contributed by atoms with Crippen molar-refractivity contribution in [3.8, 4) is 0 Å². The maximum Gasteiger partial charge on any atom is 0.216 e. The highest BCUT2D eigenvalue weighted by molar-refractivity contribution is 5.84. The normalized spacial score (nSPS) is 12.8. The Morgan fingerprint density at radius 2 is 1.63 bits per heavy atom. The number of aryl methyl sites for hydroxylation is 1. The lowest BCUT2D eigenvalue weighted by molar-refractivity contribution is 0.302.